The fourth-order valence-corrected chi connectivity index (χ4v) is 4.35. The largest absolute Gasteiger partial charge is 0.378 e. The Kier molecular flexibility index (Phi) is 6.57. The van der Waals surface area contributed by atoms with Crippen molar-refractivity contribution in [2.75, 3.05) is 43.1 Å². The number of hydrogen-bond acceptors (Lipinski definition) is 6. The highest BCUT2D eigenvalue weighted by atomic mass is 32.2. The Hall–Kier alpha value is -3.17. The third-order valence-electron chi connectivity index (χ3n) is 5.22. The first-order valence-corrected chi connectivity index (χ1v) is 11.0. The molecule has 2 aromatic rings. The van der Waals surface area contributed by atoms with Crippen molar-refractivity contribution in [1.29, 1.82) is 0 Å². The number of halogens is 1. The summed E-state index contributed by atoms with van der Waals surface area (Å²) < 4.78 is 19.9. The number of hydrogen-bond donors (Lipinski definition) is 1. The van der Waals surface area contributed by atoms with Crippen LogP contribution in [0.3, 0.4) is 0 Å². The van der Waals surface area contributed by atoms with Crippen LogP contribution in [-0.2, 0) is 14.3 Å². The summed E-state index contributed by atoms with van der Waals surface area (Å²) in [5, 5.41) is 2.18. The van der Waals surface area contributed by atoms with Gasteiger partial charge in [-0.1, -0.05) is 24.3 Å². The number of anilines is 2. The third-order valence-corrected chi connectivity index (χ3v) is 6.12. The van der Waals surface area contributed by atoms with Crippen LogP contribution < -0.4 is 10.2 Å². The number of carbonyl (C=O) groups is 3. The molecule has 2 heterocycles. The van der Waals surface area contributed by atoms with Crippen molar-refractivity contribution in [3.05, 3.63) is 64.3 Å². The van der Waals surface area contributed by atoms with Crippen LogP contribution in [0.5, 0.6) is 0 Å². The molecule has 9 heteroatoms. The van der Waals surface area contributed by atoms with E-state index in [0.717, 1.165) is 22.2 Å². The van der Waals surface area contributed by atoms with E-state index in [-0.39, 0.29) is 11.4 Å². The average Bonchev–Trinajstić information content (AvgIpc) is 3.03. The van der Waals surface area contributed by atoms with Crippen molar-refractivity contribution in [2.45, 2.75) is 6.92 Å². The van der Waals surface area contributed by atoms with Crippen LogP contribution in [0.2, 0.25) is 0 Å². The van der Waals surface area contributed by atoms with Crippen LogP contribution in [0.4, 0.5) is 20.6 Å². The summed E-state index contributed by atoms with van der Waals surface area (Å²) in [6.07, 6.45) is 1.47. The second-order valence-electron chi connectivity index (χ2n) is 7.44. The first-order valence-electron chi connectivity index (χ1n) is 10.2. The van der Waals surface area contributed by atoms with Gasteiger partial charge in [0.05, 0.1) is 23.8 Å². The molecule has 0 radical (unpaired) electrons. The molecule has 2 aromatic carbocycles. The molecule has 166 valence electrons. The number of aryl methyl sites for hydroxylation is 1. The number of nitrogens with zero attached hydrogens (tertiary/aromatic N) is 2. The van der Waals surface area contributed by atoms with Gasteiger partial charge in [-0.25, -0.2) is 4.39 Å². The number of morpholine rings is 1. The van der Waals surface area contributed by atoms with Crippen molar-refractivity contribution in [3.8, 4) is 0 Å². The minimum Gasteiger partial charge on any atom is -0.378 e. The van der Waals surface area contributed by atoms with Crippen molar-refractivity contribution >= 4 is 46.3 Å². The van der Waals surface area contributed by atoms with Gasteiger partial charge in [-0.05, 0) is 54.1 Å². The number of ether oxygens (including phenoxy) is 1. The second kappa shape index (κ2) is 9.54. The van der Waals surface area contributed by atoms with E-state index in [4.69, 9.17) is 4.74 Å². The third kappa shape index (κ3) is 4.84. The quantitative estimate of drug-likeness (QED) is 0.694. The van der Waals surface area contributed by atoms with Crippen LogP contribution in [0, 0.1) is 12.7 Å². The molecule has 0 saturated carbocycles. The molecule has 2 aliphatic rings. The van der Waals surface area contributed by atoms with Crippen molar-refractivity contribution in [3.63, 3.8) is 0 Å². The standard InChI is InChI=1S/C23H22FN3O4S/c1-15-4-2-3-5-18(15)25-21(28)14-27-22(29)20(32-23(27)30)13-16-6-7-19(17(24)12-16)26-8-10-31-11-9-26/h2-7,12-13H,8-11,14H2,1H3,(H,25,28)/b20-13-. The van der Waals surface area contributed by atoms with E-state index >= 15 is 0 Å². The Morgan fingerprint density at radius 1 is 1.19 bits per heavy atom. The summed E-state index contributed by atoms with van der Waals surface area (Å²) in [5.74, 6) is -1.45. The lowest BCUT2D eigenvalue weighted by Gasteiger charge is -2.29. The van der Waals surface area contributed by atoms with Crippen LogP contribution >= 0.6 is 11.8 Å². The highest BCUT2D eigenvalue weighted by molar-refractivity contribution is 8.18. The zero-order valence-electron chi connectivity index (χ0n) is 17.5. The first kappa shape index (κ1) is 22.0. The molecule has 2 aliphatic heterocycles. The van der Waals surface area contributed by atoms with Crippen molar-refractivity contribution < 1.29 is 23.5 Å². The molecule has 32 heavy (non-hydrogen) atoms. The monoisotopic (exact) mass is 455 g/mol. The minimum atomic E-state index is -0.572. The molecular formula is C23H22FN3O4S. The van der Waals surface area contributed by atoms with Gasteiger partial charge in [0.25, 0.3) is 11.1 Å². The van der Waals surface area contributed by atoms with E-state index in [1.807, 2.05) is 24.0 Å². The molecule has 2 fully saturated rings. The molecule has 0 spiro atoms. The summed E-state index contributed by atoms with van der Waals surface area (Å²) in [6, 6.07) is 11.9. The SMILES string of the molecule is Cc1ccccc1NC(=O)CN1C(=O)S/C(=C\c2ccc(N3CCOCC3)c(F)c2)C1=O. The summed E-state index contributed by atoms with van der Waals surface area (Å²) in [7, 11) is 0. The highest BCUT2D eigenvalue weighted by Crippen LogP contribution is 2.33. The zero-order chi connectivity index (χ0) is 22.7. The topological polar surface area (TPSA) is 79.0 Å². The van der Waals surface area contributed by atoms with Gasteiger partial charge < -0.3 is 15.0 Å². The summed E-state index contributed by atoms with van der Waals surface area (Å²) in [5.41, 5.74) is 2.44. The van der Waals surface area contributed by atoms with Gasteiger partial charge in [0.15, 0.2) is 0 Å². The smallest absolute Gasteiger partial charge is 0.294 e. The Morgan fingerprint density at radius 2 is 1.94 bits per heavy atom. The number of rotatable bonds is 5. The number of imide groups is 1. The molecule has 2 saturated heterocycles. The van der Waals surface area contributed by atoms with Crippen molar-refractivity contribution in [2.24, 2.45) is 0 Å². The average molecular weight is 456 g/mol. The molecule has 7 nitrogen and oxygen atoms in total. The van der Waals surface area contributed by atoms with E-state index in [1.165, 1.54) is 12.1 Å². The van der Waals surface area contributed by atoms with E-state index < -0.39 is 22.9 Å². The van der Waals surface area contributed by atoms with Gasteiger partial charge in [0.1, 0.15) is 12.4 Å². The number of nitrogens with one attached hydrogen (secondary N) is 1. The number of benzene rings is 2. The molecule has 4 rings (SSSR count). The van der Waals surface area contributed by atoms with Gasteiger partial charge in [0, 0.05) is 18.8 Å². The van der Waals surface area contributed by atoms with Crippen LogP contribution in [0.25, 0.3) is 6.08 Å². The van der Waals surface area contributed by atoms with Gasteiger partial charge in [-0.15, -0.1) is 0 Å². The maximum absolute atomic E-state index is 14.6. The summed E-state index contributed by atoms with van der Waals surface area (Å²) in [4.78, 5) is 40.3. The number of carbonyl (C=O) groups excluding carboxylic acids is 3. The van der Waals surface area contributed by atoms with Gasteiger partial charge in [0.2, 0.25) is 5.91 Å². The fourth-order valence-electron chi connectivity index (χ4n) is 3.51. The molecule has 0 aromatic heterocycles. The van der Waals surface area contributed by atoms with Gasteiger partial charge in [-0.3, -0.25) is 19.3 Å². The maximum atomic E-state index is 14.6. The lowest BCUT2D eigenvalue weighted by atomic mass is 10.1. The van der Waals surface area contributed by atoms with Crippen LogP contribution in [0.1, 0.15) is 11.1 Å². The number of amides is 3. The number of para-hydroxylation sites is 1. The van der Waals surface area contributed by atoms with E-state index in [2.05, 4.69) is 5.32 Å². The minimum absolute atomic E-state index is 0.150. The zero-order valence-corrected chi connectivity index (χ0v) is 18.3. The van der Waals surface area contributed by atoms with Gasteiger partial charge >= 0.3 is 0 Å². The normalized spacial score (nSPS) is 17.9. The summed E-state index contributed by atoms with van der Waals surface area (Å²) in [6.45, 7) is 3.78. The van der Waals surface area contributed by atoms with Crippen molar-refractivity contribution in [1.82, 2.24) is 4.90 Å². The lowest BCUT2D eigenvalue weighted by molar-refractivity contribution is -0.127. The predicted molar refractivity (Wildman–Crippen MR) is 122 cm³/mol. The van der Waals surface area contributed by atoms with Gasteiger partial charge in [-0.2, -0.15) is 0 Å². The molecule has 0 atom stereocenters. The fraction of sp³-hybridized carbons (Fsp3) is 0.261. The lowest BCUT2D eigenvalue weighted by Crippen LogP contribution is -2.36. The highest BCUT2D eigenvalue weighted by Gasteiger charge is 2.36. The molecule has 0 aliphatic carbocycles. The maximum Gasteiger partial charge on any atom is 0.294 e. The molecular weight excluding hydrogens is 433 g/mol. The Morgan fingerprint density at radius 3 is 2.66 bits per heavy atom. The Balaban J connectivity index is 1.44. The van der Waals surface area contributed by atoms with Crippen LogP contribution in [0.15, 0.2) is 47.4 Å². The number of thioether (sulfide) groups is 1. The molecule has 1 N–H and O–H groups in total. The molecule has 0 unspecified atom stereocenters. The Labute approximate surface area is 189 Å². The van der Waals surface area contributed by atoms with E-state index in [9.17, 15) is 18.8 Å². The van der Waals surface area contributed by atoms with E-state index in [0.29, 0.717) is 43.2 Å². The molecule has 3 amide bonds. The summed E-state index contributed by atoms with van der Waals surface area (Å²) >= 11 is 0.735. The van der Waals surface area contributed by atoms with Crippen LogP contribution in [-0.4, -0.2) is 54.8 Å². The second-order valence-corrected chi connectivity index (χ2v) is 8.43. The first-order chi connectivity index (χ1) is 15.4. The predicted octanol–water partition coefficient (Wildman–Crippen LogP) is 3.65. The molecule has 0 bridgehead atoms. The van der Waals surface area contributed by atoms with E-state index in [1.54, 1.807) is 24.3 Å². The Bertz CT molecular complexity index is 1100.